The van der Waals surface area contributed by atoms with Gasteiger partial charge in [-0.2, -0.15) is 0 Å². The number of aromatic nitrogens is 2. The highest BCUT2D eigenvalue weighted by molar-refractivity contribution is 7.99. The minimum atomic E-state index is -0.923. The molecule has 0 aliphatic carbocycles. The van der Waals surface area contributed by atoms with Crippen LogP contribution in [0.1, 0.15) is 18.1 Å². The number of fused-ring (bicyclic) bond motifs is 1. The van der Waals surface area contributed by atoms with Gasteiger partial charge in [0.15, 0.2) is 6.10 Å². The summed E-state index contributed by atoms with van der Waals surface area (Å²) < 4.78 is 5.20. The summed E-state index contributed by atoms with van der Waals surface area (Å²) in [5.41, 5.74) is 3.74. The quantitative estimate of drug-likeness (QED) is 0.530. The van der Waals surface area contributed by atoms with Gasteiger partial charge in [0.05, 0.1) is 16.8 Å². The van der Waals surface area contributed by atoms with Crippen LogP contribution < -0.4 is 11.0 Å². The largest absolute Gasteiger partial charge is 0.452 e. The highest BCUT2D eigenvalue weighted by Gasteiger charge is 2.18. The van der Waals surface area contributed by atoms with E-state index in [4.69, 9.17) is 4.74 Å². The van der Waals surface area contributed by atoms with Gasteiger partial charge in [-0.1, -0.05) is 29.8 Å². The van der Waals surface area contributed by atoms with Crippen LogP contribution in [0.2, 0.25) is 0 Å². The predicted molar refractivity (Wildman–Crippen MR) is 110 cm³/mol. The number of anilines is 1. The predicted octanol–water partition coefficient (Wildman–Crippen LogP) is 2.97. The molecule has 28 heavy (non-hydrogen) atoms. The van der Waals surface area contributed by atoms with Gasteiger partial charge >= 0.3 is 11.7 Å². The Morgan fingerprint density at radius 3 is 2.57 bits per heavy atom. The first-order valence-electron chi connectivity index (χ1n) is 8.76. The molecule has 2 aromatic carbocycles. The Morgan fingerprint density at radius 1 is 1.11 bits per heavy atom. The van der Waals surface area contributed by atoms with Crippen molar-refractivity contribution in [2.24, 2.45) is 0 Å². The van der Waals surface area contributed by atoms with Crippen LogP contribution in [0, 0.1) is 6.92 Å². The molecule has 1 atom stereocenters. The first-order valence-corrected chi connectivity index (χ1v) is 9.92. The molecule has 0 radical (unpaired) electrons. The number of H-pyrrole nitrogens is 2. The molecule has 7 nitrogen and oxygen atoms in total. The van der Waals surface area contributed by atoms with Gasteiger partial charge in [-0.3, -0.25) is 9.59 Å². The van der Waals surface area contributed by atoms with E-state index in [9.17, 15) is 14.4 Å². The van der Waals surface area contributed by atoms with Crippen molar-refractivity contribution in [3.05, 3.63) is 64.1 Å². The molecule has 1 aromatic heterocycles. The normalized spacial score (nSPS) is 11.9. The Bertz CT molecular complexity index is 1040. The van der Waals surface area contributed by atoms with E-state index in [1.807, 2.05) is 31.2 Å². The van der Waals surface area contributed by atoms with Crippen LogP contribution in [-0.4, -0.2) is 33.7 Å². The van der Waals surface area contributed by atoms with Gasteiger partial charge in [0.25, 0.3) is 5.91 Å². The molecule has 3 aromatic rings. The maximum absolute atomic E-state index is 12.2. The number of esters is 1. The number of imidazole rings is 1. The van der Waals surface area contributed by atoms with Crippen molar-refractivity contribution in [2.45, 2.75) is 25.7 Å². The fourth-order valence-corrected chi connectivity index (χ4v) is 3.34. The van der Waals surface area contributed by atoms with Crippen molar-refractivity contribution in [3.63, 3.8) is 0 Å². The third-order valence-corrected chi connectivity index (χ3v) is 5.05. The van der Waals surface area contributed by atoms with Crippen LogP contribution in [0.25, 0.3) is 11.0 Å². The lowest BCUT2D eigenvalue weighted by Gasteiger charge is -2.13. The first-order chi connectivity index (χ1) is 13.4. The molecular formula is C20H21N3O4S. The van der Waals surface area contributed by atoms with Crippen LogP contribution in [0.4, 0.5) is 5.69 Å². The average Bonchev–Trinajstić information content (AvgIpc) is 3.02. The summed E-state index contributed by atoms with van der Waals surface area (Å²) >= 11 is 1.44. The molecule has 8 heteroatoms. The average molecular weight is 399 g/mol. The minimum absolute atomic E-state index is 0.169. The summed E-state index contributed by atoms with van der Waals surface area (Å²) in [5.74, 6) is -0.00771. The van der Waals surface area contributed by atoms with E-state index in [2.05, 4.69) is 15.3 Å². The molecule has 146 valence electrons. The molecule has 0 fully saturated rings. The number of carbonyl (C=O) groups is 2. The van der Waals surface area contributed by atoms with E-state index in [0.29, 0.717) is 22.5 Å². The van der Waals surface area contributed by atoms with Gasteiger partial charge < -0.3 is 20.0 Å². The second-order valence-electron chi connectivity index (χ2n) is 6.44. The van der Waals surface area contributed by atoms with Crippen molar-refractivity contribution in [2.75, 3.05) is 11.1 Å². The summed E-state index contributed by atoms with van der Waals surface area (Å²) in [6.45, 7) is 3.55. The fraction of sp³-hybridized carbons (Fsp3) is 0.250. The molecule has 0 saturated carbocycles. The zero-order valence-corrected chi connectivity index (χ0v) is 16.4. The van der Waals surface area contributed by atoms with Crippen molar-refractivity contribution in [3.8, 4) is 0 Å². The summed E-state index contributed by atoms with van der Waals surface area (Å²) in [5, 5.41) is 2.68. The van der Waals surface area contributed by atoms with Gasteiger partial charge in [0, 0.05) is 11.4 Å². The molecule has 3 rings (SSSR count). The lowest BCUT2D eigenvalue weighted by molar-refractivity contribution is -0.150. The van der Waals surface area contributed by atoms with Crippen molar-refractivity contribution >= 4 is 40.4 Å². The summed E-state index contributed by atoms with van der Waals surface area (Å²) in [6.07, 6.45) is -0.923. The molecule has 1 amide bonds. The van der Waals surface area contributed by atoms with Crippen LogP contribution >= 0.6 is 11.8 Å². The molecule has 0 unspecified atom stereocenters. The highest BCUT2D eigenvalue weighted by atomic mass is 32.2. The van der Waals surface area contributed by atoms with Crippen LogP contribution in [0.5, 0.6) is 0 Å². The number of ether oxygens (including phenoxy) is 1. The van der Waals surface area contributed by atoms with E-state index in [1.54, 1.807) is 18.2 Å². The summed E-state index contributed by atoms with van der Waals surface area (Å²) in [7, 11) is 0. The molecule has 0 bridgehead atoms. The van der Waals surface area contributed by atoms with E-state index in [1.165, 1.54) is 24.2 Å². The molecular weight excluding hydrogens is 378 g/mol. The number of nitrogens with one attached hydrogen (secondary N) is 3. The molecule has 0 aliphatic rings. The van der Waals surface area contributed by atoms with E-state index >= 15 is 0 Å². The number of aryl methyl sites for hydroxylation is 1. The third kappa shape index (κ3) is 5.26. The number of hydrogen-bond donors (Lipinski definition) is 3. The fourth-order valence-electron chi connectivity index (χ4n) is 2.58. The summed E-state index contributed by atoms with van der Waals surface area (Å²) in [4.78, 5) is 40.7. The maximum Gasteiger partial charge on any atom is 0.323 e. The zero-order chi connectivity index (χ0) is 20.1. The Labute approximate surface area is 165 Å². The monoisotopic (exact) mass is 399 g/mol. The second-order valence-corrected chi connectivity index (χ2v) is 7.42. The van der Waals surface area contributed by atoms with Crippen LogP contribution in [0.15, 0.2) is 47.3 Å². The highest BCUT2D eigenvalue weighted by Crippen LogP contribution is 2.16. The number of amides is 1. The third-order valence-electron chi connectivity index (χ3n) is 4.07. The van der Waals surface area contributed by atoms with Crippen molar-refractivity contribution in [1.82, 2.24) is 9.97 Å². The van der Waals surface area contributed by atoms with Crippen molar-refractivity contribution in [1.29, 1.82) is 0 Å². The number of carbonyl (C=O) groups excluding carboxylic acids is 2. The van der Waals surface area contributed by atoms with E-state index in [-0.39, 0.29) is 11.4 Å². The second kappa shape index (κ2) is 8.79. The van der Waals surface area contributed by atoms with E-state index < -0.39 is 18.0 Å². The Kier molecular flexibility index (Phi) is 6.20. The van der Waals surface area contributed by atoms with E-state index in [0.717, 1.165) is 5.56 Å². The molecule has 1 heterocycles. The van der Waals surface area contributed by atoms with Gasteiger partial charge in [-0.15, -0.1) is 11.8 Å². The lowest BCUT2D eigenvalue weighted by Crippen LogP contribution is -2.30. The standard InChI is InChI=1S/C20H21N3O4S/c1-12-3-5-14(6-4-12)10-28-11-18(24)27-13(2)19(25)21-15-7-8-16-17(9-15)23-20(26)22-16/h3-9,13H,10-11H2,1-2H3,(H,21,25)(H2,22,23,26)/t13-/m0/s1. The molecule has 0 saturated heterocycles. The number of hydrogen-bond acceptors (Lipinski definition) is 5. The number of benzene rings is 2. The lowest BCUT2D eigenvalue weighted by atomic mass is 10.2. The van der Waals surface area contributed by atoms with Gasteiger partial charge in [0.2, 0.25) is 0 Å². The first kappa shape index (κ1) is 19.8. The van der Waals surface area contributed by atoms with Crippen LogP contribution in [-0.2, 0) is 20.1 Å². The number of thioether (sulfide) groups is 1. The Hall–Kier alpha value is -3.00. The topological polar surface area (TPSA) is 104 Å². The molecule has 0 spiro atoms. The SMILES string of the molecule is Cc1ccc(CSCC(=O)O[C@@H](C)C(=O)Nc2ccc3[nH]c(=O)[nH]c3c2)cc1. The van der Waals surface area contributed by atoms with Gasteiger partial charge in [-0.25, -0.2) is 4.79 Å². The minimum Gasteiger partial charge on any atom is -0.452 e. The zero-order valence-electron chi connectivity index (χ0n) is 15.6. The maximum atomic E-state index is 12.2. The Morgan fingerprint density at radius 2 is 1.82 bits per heavy atom. The van der Waals surface area contributed by atoms with Gasteiger partial charge in [-0.05, 0) is 37.6 Å². The number of aromatic amines is 2. The summed E-state index contributed by atoms with van der Waals surface area (Å²) in [6, 6.07) is 13.1. The molecule has 3 N–H and O–H groups in total. The number of rotatable bonds is 7. The van der Waals surface area contributed by atoms with Gasteiger partial charge in [0.1, 0.15) is 0 Å². The van der Waals surface area contributed by atoms with Crippen LogP contribution in [0.3, 0.4) is 0 Å². The Balaban J connectivity index is 1.46. The smallest absolute Gasteiger partial charge is 0.323 e. The van der Waals surface area contributed by atoms with Crippen molar-refractivity contribution < 1.29 is 14.3 Å². The molecule has 0 aliphatic heterocycles.